The molecule has 1 rings (SSSR count). The molecule has 0 saturated carbocycles. The summed E-state index contributed by atoms with van der Waals surface area (Å²) >= 11 is 1.27. The van der Waals surface area contributed by atoms with Crippen molar-refractivity contribution in [2.75, 3.05) is 20.4 Å². The third-order valence-electron chi connectivity index (χ3n) is 2.20. The Morgan fingerprint density at radius 3 is 2.74 bits per heavy atom. The lowest BCUT2D eigenvalue weighted by molar-refractivity contribution is 0.0824. The van der Waals surface area contributed by atoms with Crippen molar-refractivity contribution in [3.63, 3.8) is 0 Å². The third kappa shape index (κ3) is 3.89. The van der Waals surface area contributed by atoms with Crippen LogP contribution < -0.4 is 5.32 Å². The number of carbonyl (C=O) groups excluding carboxylic acids is 1. The molecule has 1 amide bonds. The second-order valence-corrected chi connectivity index (χ2v) is 4.55. The molecule has 6 nitrogen and oxygen atoms in total. The normalized spacial score (nSPS) is 10.7. The average Bonchev–Trinajstić information content (AvgIpc) is 2.39. The molecule has 0 spiro atoms. The Kier molecular flexibility index (Phi) is 5.21. The Bertz CT molecular complexity index is 549. The van der Waals surface area contributed by atoms with Gasteiger partial charge in [0.2, 0.25) is 0 Å². The van der Waals surface area contributed by atoms with Gasteiger partial charge in [0.05, 0.1) is 11.3 Å². The minimum Gasteiger partial charge on any atom is -0.507 e. The summed E-state index contributed by atoms with van der Waals surface area (Å²) in [6.45, 7) is 0. The number of hydrogen-bond acceptors (Lipinski definition) is 5. The molecule has 0 atom stereocenters. The summed E-state index contributed by atoms with van der Waals surface area (Å²) in [5, 5.41) is 21.1. The molecule has 0 unspecified atom stereocenters. The van der Waals surface area contributed by atoms with E-state index < -0.39 is 0 Å². The van der Waals surface area contributed by atoms with E-state index in [1.165, 1.54) is 28.8 Å². The lowest BCUT2D eigenvalue weighted by Crippen LogP contribution is -2.21. The van der Waals surface area contributed by atoms with Gasteiger partial charge in [-0.25, -0.2) is 4.99 Å². The summed E-state index contributed by atoms with van der Waals surface area (Å²) in [5.41, 5.74) is 0.652. The van der Waals surface area contributed by atoms with Crippen LogP contribution in [0.4, 0.5) is 5.69 Å². The third-order valence-corrected chi connectivity index (χ3v) is 2.78. The van der Waals surface area contributed by atoms with Crippen molar-refractivity contribution in [2.24, 2.45) is 4.99 Å². The maximum absolute atomic E-state index is 11.8. The van der Waals surface area contributed by atoms with E-state index in [1.807, 2.05) is 0 Å². The predicted molar refractivity (Wildman–Crippen MR) is 75.5 cm³/mol. The van der Waals surface area contributed by atoms with Gasteiger partial charge in [0.1, 0.15) is 5.75 Å². The second kappa shape index (κ2) is 6.66. The predicted octanol–water partition coefficient (Wildman–Crippen LogP) is 1.52. The molecule has 0 heterocycles. The summed E-state index contributed by atoms with van der Waals surface area (Å²) in [5.74, 6) is -0.412. The standard InChI is InChI=1S/C12H14N4O2S/c1-16(2)11(18)9-6-8(4-5-10(9)17)15-12(19-3)14-7-13/h4-6,17H,1-3H3,(H,14,15). The monoisotopic (exact) mass is 278 g/mol. The number of phenols is 1. The van der Waals surface area contributed by atoms with Crippen LogP contribution in [0.5, 0.6) is 5.75 Å². The molecule has 2 N–H and O–H groups in total. The molecule has 0 bridgehead atoms. The van der Waals surface area contributed by atoms with Gasteiger partial charge in [0.15, 0.2) is 11.4 Å². The molecule has 0 aliphatic heterocycles. The van der Waals surface area contributed by atoms with Crippen molar-refractivity contribution in [3.8, 4) is 11.9 Å². The van der Waals surface area contributed by atoms with Crippen molar-refractivity contribution in [3.05, 3.63) is 23.8 Å². The number of rotatable bonds is 2. The van der Waals surface area contributed by atoms with Crippen molar-refractivity contribution in [1.29, 1.82) is 5.26 Å². The van der Waals surface area contributed by atoms with Crippen LogP contribution >= 0.6 is 11.8 Å². The summed E-state index contributed by atoms with van der Waals surface area (Å²) in [7, 11) is 3.20. The van der Waals surface area contributed by atoms with Gasteiger partial charge in [-0.05, 0) is 24.5 Å². The molecule has 1 aromatic rings. The van der Waals surface area contributed by atoms with Gasteiger partial charge in [-0.1, -0.05) is 11.8 Å². The number of phenolic OH excluding ortho intramolecular Hbond substituents is 1. The topological polar surface area (TPSA) is 88.7 Å². The molecule has 0 aliphatic rings. The molecule has 0 aromatic heterocycles. The zero-order chi connectivity index (χ0) is 14.4. The van der Waals surface area contributed by atoms with E-state index in [0.717, 1.165) is 0 Å². The lowest BCUT2D eigenvalue weighted by atomic mass is 10.1. The van der Waals surface area contributed by atoms with E-state index in [2.05, 4.69) is 10.3 Å². The second-order valence-electron chi connectivity index (χ2n) is 3.76. The fraction of sp³-hybridized carbons (Fsp3) is 0.250. The molecule has 0 radical (unpaired) electrons. The number of nitrogens with zero attached hydrogens (tertiary/aromatic N) is 3. The van der Waals surface area contributed by atoms with Gasteiger partial charge in [0, 0.05) is 14.1 Å². The number of hydrogen-bond donors (Lipinski definition) is 2. The number of aromatic hydroxyl groups is 1. The van der Waals surface area contributed by atoms with Crippen LogP contribution in [0.15, 0.2) is 23.2 Å². The van der Waals surface area contributed by atoms with Crippen LogP contribution in [0.1, 0.15) is 10.4 Å². The quantitative estimate of drug-likeness (QED) is 0.370. The minimum atomic E-state index is -0.312. The first-order valence-corrected chi connectivity index (χ1v) is 6.54. The molecule has 7 heteroatoms. The van der Waals surface area contributed by atoms with Crippen LogP contribution in [0, 0.1) is 11.5 Å². The first-order chi connectivity index (χ1) is 8.99. The maximum Gasteiger partial charge on any atom is 0.257 e. The molecule has 19 heavy (non-hydrogen) atoms. The van der Waals surface area contributed by atoms with E-state index >= 15 is 0 Å². The number of benzene rings is 1. The van der Waals surface area contributed by atoms with Gasteiger partial charge in [-0.15, -0.1) is 0 Å². The van der Waals surface area contributed by atoms with Gasteiger partial charge >= 0.3 is 0 Å². The van der Waals surface area contributed by atoms with Crippen molar-refractivity contribution in [1.82, 2.24) is 10.2 Å². The Labute approximate surface area is 115 Å². The number of thioether (sulfide) groups is 1. The Balaban J connectivity index is 3.16. The van der Waals surface area contributed by atoms with Crippen molar-refractivity contribution in [2.45, 2.75) is 0 Å². The molecular weight excluding hydrogens is 264 g/mol. The molecular formula is C12H14N4O2S. The number of carbonyl (C=O) groups is 1. The fourth-order valence-electron chi connectivity index (χ4n) is 1.30. The Morgan fingerprint density at radius 2 is 2.21 bits per heavy atom. The molecule has 100 valence electrons. The van der Waals surface area contributed by atoms with E-state index in [0.29, 0.717) is 10.9 Å². The maximum atomic E-state index is 11.8. The van der Waals surface area contributed by atoms with Gasteiger partial charge in [-0.2, -0.15) is 5.26 Å². The highest BCUT2D eigenvalue weighted by Gasteiger charge is 2.13. The number of amides is 1. The Morgan fingerprint density at radius 1 is 1.53 bits per heavy atom. The molecule has 0 fully saturated rings. The van der Waals surface area contributed by atoms with Crippen LogP contribution in [0.2, 0.25) is 0 Å². The summed E-state index contributed by atoms with van der Waals surface area (Å²) in [4.78, 5) is 17.4. The summed E-state index contributed by atoms with van der Waals surface area (Å²) in [6.07, 6.45) is 3.55. The van der Waals surface area contributed by atoms with E-state index in [9.17, 15) is 9.90 Å². The largest absolute Gasteiger partial charge is 0.507 e. The summed E-state index contributed by atoms with van der Waals surface area (Å²) in [6, 6.07) is 4.45. The van der Waals surface area contributed by atoms with Gasteiger partial charge in [-0.3, -0.25) is 10.1 Å². The van der Waals surface area contributed by atoms with Crippen LogP contribution in [-0.2, 0) is 0 Å². The molecule has 0 saturated heterocycles. The smallest absolute Gasteiger partial charge is 0.257 e. The summed E-state index contributed by atoms with van der Waals surface area (Å²) < 4.78 is 0. The van der Waals surface area contributed by atoms with E-state index in [-0.39, 0.29) is 17.2 Å². The number of nitrogens with one attached hydrogen (secondary N) is 1. The highest BCUT2D eigenvalue weighted by atomic mass is 32.2. The van der Waals surface area contributed by atoms with Crippen LogP contribution in [-0.4, -0.2) is 41.4 Å². The van der Waals surface area contributed by atoms with E-state index in [1.54, 1.807) is 32.6 Å². The van der Waals surface area contributed by atoms with Crippen LogP contribution in [0.25, 0.3) is 0 Å². The SMILES string of the molecule is CSC(=Nc1ccc(O)c(C(=O)N(C)C)c1)NC#N. The molecule has 0 aliphatic carbocycles. The number of nitriles is 1. The zero-order valence-electron chi connectivity index (χ0n) is 10.8. The highest BCUT2D eigenvalue weighted by Crippen LogP contribution is 2.24. The minimum absolute atomic E-state index is 0.100. The van der Waals surface area contributed by atoms with Crippen LogP contribution in [0.3, 0.4) is 0 Å². The van der Waals surface area contributed by atoms with Gasteiger partial charge in [0.25, 0.3) is 5.91 Å². The first-order valence-electron chi connectivity index (χ1n) is 5.32. The zero-order valence-corrected chi connectivity index (χ0v) is 11.7. The lowest BCUT2D eigenvalue weighted by Gasteiger charge is -2.12. The highest BCUT2D eigenvalue weighted by molar-refractivity contribution is 8.13. The van der Waals surface area contributed by atoms with Gasteiger partial charge < -0.3 is 10.0 Å². The average molecular weight is 278 g/mol. The van der Waals surface area contributed by atoms with Crippen molar-refractivity contribution >= 4 is 28.5 Å². The van der Waals surface area contributed by atoms with Crippen molar-refractivity contribution < 1.29 is 9.90 Å². The number of aliphatic imine (C=N–C) groups is 1. The first kappa shape index (κ1) is 14.9. The number of amidine groups is 1. The fourth-order valence-corrected chi connectivity index (χ4v) is 1.64. The van der Waals surface area contributed by atoms with E-state index in [4.69, 9.17) is 5.26 Å². The Hall–Kier alpha value is -2.20. The molecule has 1 aromatic carbocycles.